The van der Waals surface area contributed by atoms with Crippen molar-refractivity contribution >= 4 is 27.3 Å². The van der Waals surface area contributed by atoms with Crippen LogP contribution in [0.3, 0.4) is 0 Å². The number of rotatable bonds is 6. The topological polar surface area (TPSA) is 97.3 Å². The maximum absolute atomic E-state index is 12.2. The zero-order chi connectivity index (χ0) is 21.2. The quantitative estimate of drug-likeness (QED) is 0.779. The van der Waals surface area contributed by atoms with Gasteiger partial charge in [0.25, 0.3) is 0 Å². The highest BCUT2D eigenvalue weighted by atomic mass is 32.2. The summed E-state index contributed by atoms with van der Waals surface area (Å²) in [5, 5.41) is 5.96. The first-order valence-corrected chi connectivity index (χ1v) is 10.8. The monoisotopic (exact) mass is 417 g/mol. The molecule has 1 N–H and O–H groups in total. The van der Waals surface area contributed by atoms with Gasteiger partial charge in [0.2, 0.25) is 15.9 Å². The molecule has 2 aromatic rings. The number of anilines is 1. The minimum atomic E-state index is -3.34. The van der Waals surface area contributed by atoms with E-state index in [1.165, 1.54) is 11.9 Å². The number of nitrogens with one attached hydrogen (secondary N) is 1. The molecule has 1 amide bonds. The molecule has 154 valence electrons. The molecule has 0 bridgehead atoms. The number of benzene rings is 2. The van der Waals surface area contributed by atoms with Crippen LogP contribution in [0.25, 0.3) is 0 Å². The lowest BCUT2D eigenvalue weighted by atomic mass is 9.97. The van der Waals surface area contributed by atoms with E-state index in [0.717, 1.165) is 23.1 Å². The largest absolute Gasteiger partial charge is 0.497 e. The number of hydrogen-bond donors (Lipinski definition) is 1. The van der Waals surface area contributed by atoms with Gasteiger partial charge in [0, 0.05) is 30.7 Å². The first-order chi connectivity index (χ1) is 13.7. The first-order valence-electron chi connectivity index (χ1n) is 8.89. The van der Waals surface area contributed by atoms with Crippen LogP contribution in [0.15, 0.2) is 47.6 Å². The highest BCUT2D eigenvalue weighted by Gasteiger charge is 2.33. The Kier molecular flexibility index (Phi) is 5.78. The zero-order valence-electron chi connectivity index (χ0n) is 16.7. The fraction of sp³-hybridized carbons (Fsp3) is 0.300. The fourth-order valence-electron chi connectivity index (χ4n) is 3.26. The van der Waals surface area contributed by atoms with Crippen LogP contribution < -0.4 is 14.2 Å². The summed E-state index contributed by atoms with van der Waals surface area (Å²) in [5.74, 6) is 1.09. The van der Waals surface area contributed by atoms with Crippen molar-refractivity contribution in [1.29, 1.82) is 0 Å². The third kappa shape index (κ3) is 4.68. The standard InChI is InChI=1S/C20H23N3O5S/c1-13(24)23-19(17-10-9-16(27-2)11-20(17)28-3)12-18(21-23)14-5-7-15(8-6-14)22-29(4,25)26/h5-11,19,22H,12H2,1-4H3. The molecule has 0 radical (unpaired) electrons. The highest BCUT2D eigenvalue weighted by molar-refractivity contribution is 7.92. The molecule has 29 heavy (non-hydrogen) atoms. The van der Waals surface area contributed by atoms with Gasteiger partial charge in [0.1, 0.15) is 11.5 Å². The summed E-state index contributed by atoms with van der Waals surface area (Å²) in [4.78, 5) is 12.2. The van der Waals surface area contributed by atoms with Gasteiger partial charge in [-0.25, -0.2) is 13.4 Å². The minimum absolute atomic E-state index is 0.182. The molecule has 1 atom stereocenters. The summed E-state index contributed by atoms with van der Waals surface area (Å²) in [6.07, 6.45) is 1.60. The lowest BCUT2D eigenvalue weighted by Gasteiger charge is -2.22. The molecule has 0 aliphatic carbocycles. The van der Waals surface area contributed by atoms with Gasteiger partial charge < -0.3 is 9.47 Å². The van der Waals surface area contributed by atoms with Crippen LogP contribution in [-0.2, 0) is 14.8 Å². The molecule has 0 saturated heterocycles. The van der Waals surface area contributed by atoms with Crippen molar-refractivity contribution in [2.45, 2.75) is 19.4 Å². The normalized spacial score (nSPS) is 16.3. The van der Waals surface area contributed by atoms with E-state index in [9.17, 15) is 13.2 Å². The van der Waals surface area contributed by atoms with Gasteiger partial charge >= 0.3 is 0 Å². The Hall–Kier alpha value is -3.07. The molecule has 8 nitrogen and oxygen atoms in total. The van der Waals surface area contributed by atoms with E-state index in [2.05, 4.69) is 9.82 Å². The van der Waals surface area contributed by atoms with E-state index in [0.29, 0.717) is 23.6 Å². The predicted octanol–water partition coefficient (Wildman–Crippen LogP) is 2.77. The molecule has 1 unspecified atom stereocenters. The van der Waals surface area contributed by atoms with Crippen LogP contribution in [0.1, 0.15) is 30.5 Å². The van der Waals surface area contributed by atoms with E-state index in [4.69, 9.17) is 9.47 Å². The molecule has 0 saturated carbocycles. The summed E-state index contributed by atoms with van der Waals surface area (Å²) >= 11 is 0. The smallest absolute Gasteiger partial charge is 0.240 e. The van der Waals surface area contributed by atoms with Crippen molar-refractivity contribution in [3.63, 3.8) is 0 Å². The maximum Gasteiger partial charge on any atom is 0.240 e. The van der Waals surface area contributed by atoms with Gasteiger partial charge in [0.05, 0.1) is 32.2 Å². The lowest BCUT2D eigenvalue weighted by molar-refractivity contribution is -0.130. The number of hydrazone groups is 1. The number of carbonyl (C=O) groups is 1. The maximum atomic E-state index is 12.2. The van der Waals surface area contributed by atoms with Crippen molar-refractivity contribution in [3.8, 4) is 11.5 Å². The van der Waals surface area contributed by atoms with E-state index in [-0.39, 0.29) is 11.9 Å². The summed E-state index contributed by atoms with van der Waals surface area (Å²) in [6, 6.07) is 12.0. The van der Waals surface area contributed by atoms with Crippen LogP contribution in [0, 0.1) is 0 Å². The van der Waals surface area contributed by atoms with Crippen molar-refractivity contribution in [2.75, 3.05) is 25.2 Å². The average Bonchev–Trinajstić information content (AvgIpc) is 3.12. The molecular formula is C20H23N3O5S. The van der Waals surface area contributed by atoms with Crippen molar-refractivity contribution in [3.05, 3.63) is 53.6 Å². The molecular weight excluding hydrogens is 394 g/mol. The molecule has 9 heteroatoms. The van der Waals surface area contributed by atoms with E-state index in [1.807, 2.05) is 12.1 Å². The van der Waals surface area contributed by atoms with E-state index in [1.54, 1.807) is 44.6 Å². The Morgan fingerprint density at radius 3 is 2.38 bits per heavy atom. The van der Waals surface area contributed by atoms with Gasteiger partial charge in [-0.2, -0.15) is 5.10 Å². The molecule has 3 rings (SSSR count). The van der Waals surface area contributed by atoms with Crippen LogP contribution in [-0.4, -0.2) is 45.5 Å². The Labute approximate surface area is 170 Å². The minimum Gasteiger partial charge on any atom is -0.497 e. The van der Waals surface area contributed by atoms with E-state index < -0.39 is 10.0 Å². The zero-order valence-corrected chi connectivity index (χ0v) is 17.5. The Balaban J connectivity index is 1.90. The predicted molar refractivity (Wildman–Crippen MR) is 111 cm³/mol. The van der Waals surface area contributed by atoms with E-state index >= 15 is 0 Å². The van der Waals surface area contributed by atoms with Gasteiger partial charge in [-0.05, 0) is 29.8 Å². The third-order valence-electron chi connectivity index (χ3n) is 4.55. The number of hydrogen-bond acceptors (Lipinski definition) is 6. The number of ether oxygens (including phenoxy) is 2. The van der Waals surface area contributed by atoms with Crippen LogP contribution >= 0.6 is 0 Å². The number of nitrogens with zero attached hydrogens (tertiary/aromatic N) is 2. The molecule has 0 aromatic heterocycles. The molecule has 1 heterocycles. The summed E-state index contributed by atoms with van der Waals surface area (Å²) in [6.45, 7) is 1.47. The van der Waals surface area contributed by atoms with Gasteiger partial charge in [-0.3, -0.25) is 9.52 Å². The van der Waals surface area contributed by atoms with Crippen molar-refractivity contribution < 1.29 is 22.7 Å². The molecule has 0 fully saturated rings. The number of sulfonamides is 1. The fourth-order valence-corrected chi connectivity index (χ4v) is 3.82. The Morgan fingerprint density at radius 1 is 1.14 bits per heavy atom. The molecule has 0 spiro atoms. The third-order valence-corrected chi connectivity index (χ3v) is 5.16. The second-order valence-corrected chi connectivity index (χ2v) is 8.44. The summed E-state index contributed by atoms with van der Waals surface area (Å²) < 4.78 is 35.9. The highest BCUT2D eigenvalue weighted by Crippen LogP contribution is 2.39. The van der Waals surface area contributed by atoms with Gasteiger partial charge in [-0.15, -0.1) is 0 Å². The second kappa shape index (κ2) is 8.12. The number of amides is 1. The second-order valence-electron chi connectivity index (χ2n) is 6.69. The SMILES string of the molecule is COc1ccc(C2CC(c3ccc(NS(C)(=O)=O)cc3)=NN2C(C)=O)c(OC)c1. The first kappa shape index (κ1) is 20.7. The van der Waals surface area contributed by atoms with Gasteiger partial charge in [0.15, 0.2) is 0 Å². The van der Waals surface area contributed by atoms with Crippen molar-refractivity contribution in [2.24, 2.45) is 5.10 Å². The Bertz CT molecular complexity index is 1050. The van der Waals surface area contributed by atoms with Crippen LogP contribution in [0.2, 0.25) is 0 Å². The molecule has 2 aromatic carbocycles. The summed E-state index contributed by atoms with van der Waals surface area (Å²) in [7, 11) is -0.196. The lowest BCUT2D eigenvalue weighted by Crippen LogP contribution is -2.24. The van der Waals surface area contributed by atoms with Crippen molar-refractivity contribution in [1.82, 2.24) is 5.01 Å². The average molecular weight is 417 g/mol. The van der Waals surface area contributed by atoms with Crippen LogP contribution in [0.4, 0.5) is 5.69 Å². The van der Waals surface area contributed by atoms with Gasteiger partial charge in [-0.1, -0.05) is 12.1 Å². The number of methoxy groups -OCH3 is 2. The molecule has 1 aliphatic heterocycles. The summed E-state index contributed by atoms with van der Waals surface area (Å²) in [5.41, 5.74) is 2.84. The number of carbonyl (C=O) groups excluding carboxylic acids is 1. The van der Waals surface area contributed by atoms with Crippen LogP contribution in [0.5, 0.6) is 11.5 Å². The Morgan fingerprint density at radius 2 is 1.83 bits per heavy atom. The molecule has 1 aliphatic rings.